The molecular formula is C34H35N5O2. The Bertz CT molecular complexity index is 1690. The maximum Gasteiger partial charge on any atom is 0.255 e. The van der Waals surface area contributed by atoms with Crippen molar-refractivity contribution in [3.8, 4) is 22.5 Å². The van der Waals surface area contributed by atoms with Crippen molar-refractivity contribution in [3.05, 3.63) is 95.8 Å². The molecule has 6 rings (SSSR count). The minimum absolute atomic E-state index is 0.0350. The van der Waals surface area contributed by atoms with Gasteiger partial charge in [-0.1, -0.05) is 57.2 Å². The average molecular weight is 546 g/mol. The topological polar surface area (TPSA) is 83.1 Å². The molecule has 0 unspecified atom stereocenters. The number of morpholine rings is 1. The van der Waals surface area contributed by atoms with E-state index in [1.807, 2.05) is 49.4 Å². The summed E-state index contributed by atoms with van der Waals surface area (Å²) in [6.45, 7) is 11.9. The number of H-pyrrole nitrogens is 1. The number of nitrogens with one attached hydrogen (secondary N) is 2. The van der Waals surface area contributed by atoms with E-state index < -0.39 is 0 Å². The summed E-state index contributed by atoms with van der Waals surface area (Å²) >= 11 is 0. The van der Waals surface area contributed by atoms with Gasteiger partial charge in [0.25, 0.3) is 5.91 Å². The van der Waals surface area contributed by atoms with Crippen LogP contribution in [0.3, 0.4) is 0 Å². The minimum atomic E-state index is -0.136. The van der Waals surface area contributed by atoms with E-state index in [-0.39, 0.29) is 11.3 Å². The zero-order valence-electron chi connectivity index (χ0n) is 24.0. The predicted octanol–water partition coefficient (Wildman–Crippen LogP) is 6.99. The van der Waals surface area contributed by atoms with Gasteiger partial charge in [-0.2, -0.15) is 0 Å². The average Bonchev–Trinajstić information content (AvgIpc) is 3.43. The van der Waals surface area contributed by atoms with Gasteiger partial charge in [-0.25, -0.2) is 9.97 Å². The van der Waals surface area contributed by atoms with Gasteiger partial charge in [0.05, 0.1) is 18.9 Å². The number of fused-ring (bicyclic) bond motifs is 1. The van der Waals surface area contributed by atoms with Crippen molar-refractivity contribution < 1.29 is 9.53 Å². The van der Waals surface area contributed by atoms with Crippen molar-refractivity contribution in [1.29, 1.82) is 0 Å². The molecule has 1 fully saturated rings. The molecule has 7 heteroatoms. The van der Waals surface area contributed by atoms with Crippen LogP contribution in [0.2, 0.25) is 0 Å². The highest BCUT2D eigenvalue weighted by molar-refractivity contribution is 6.05. The lowest BCUT2D eigenvalue weighted by Crippen LogP contribution is -2.36. The minimum Gasteiger partial charge on any atom is -0.378 e. The molecule has 3 heterocycles. The number of hydrogen-bond donors (Lipinski definition) is 2. The quantitative estimate of drug-likeness (QED) is 0.249. The molecule has 5 aromatic rings. The SMILES string of the molecule is Cc1c(NC(=O)c2ccc(C(C)(C)C)cc2)cccc1-c1ncnc2[nH]c(-c3ccc(N4CCOCC4)cc3)cc12. The highest BCUT2D eigenvalue weighted by atomic mass is 16.5. The van der Waals surface area contributed by atoms with Crippen molar-refractivity contribution in [2.75, 3.05) is 36.5 Å². The smallest absolute Gasteiger partial charge is 0.255 e. The zero-order valence-corrected chi connectivity index (χ0v) is 24.0. The van der Waals surface area contributed by atoms with Gasteiger partial charge < -0.3 is 19.9 Å². The molecule has 0 atom stereocenters. The predicted molar refractivity (Wildman–Crippen MR) is 166 cm³/mol. The summed E-state index contributed by atoms with van der Waals surface area (Å²) in [6, 6.07) is 24.4. The number of hydrogen-bond acceptors (Lipinski definition) is 5. The van der Waals surface area contributed by atoms with Crippen LogP contribution in [0, 0.1) is 6.92 Å². The molecule has 41 heavy (non-hydrogen) atoms. The largest absolute Gasteiger partial charge is 0.378 e. The summed E-state index contributed by atoms with van der Waals surface area (Å²) in [7, 11) is 0. The Kier molecular flexibility index (Phi) is 7.05. The molecule has 2 aromatic heterocycles. The van der Waals surface area contributed by atoms with Crippen LogP contribution >= 0.6 is 0 Å². The molecule has 0 saturated carbocycles. The molecular weight excluding hydrogens is 510 g/mol. The fraction of sp³-hybridized carbons (Fsp3) is 0.265. The lowest BCUT2D eigenvalue weighted by atomic mass is 9.86. The summed E-state index contributed by atoms with van der Waals surface area (Å²) in [5.74, 6) is -0.136. The zero-order chi connectivity index (χ0) is 28.6. The normalized spacial score (nSPS) is 13.9. The Morgan fingerprint density at radius 1 is 0.951 bits per heavy atom. The van der Waals surface area contributed by atoms with Crippen LogP contribution in [0.5, 0.6) is 0 Å². The monoisotopic (exact) mass is 545 g/mol. The first-order chi connectivity index (χ1) is 19.8. The van der Waals surface area contributed by atoms with Gasteiger partial charge in [0.1, 0.15) is 12.0 Å². The number of aromatic amines is 1. The van der Waals surface area contributed by atoms with E-state index in [1.54, 1.807) is 6.33 Å². The van der Waals surface area contributed by atoms with Gasteiger partial charge in [-0.15, -0.1) is 0 Å². The molecule has 0 radical (unpaired) electrons. The fourth-order valence-corrected chi connectivity index (χ4v) is 5.33. The summed E-state index contributed by atoms with van der Waals surface area (Å²) in [5, 5.41) is 4.04. The Morgan fingerprint density at radius 2 is 1.68 bits per heavy atom. The summed E-state index contributed by atoms with van der Waals surface area (Å²) in [5.41, 5.74) is 9.38. The van der Waals surface area contributed by atoms with Gasteiger partial charge in [0.2, 0.25) is 0 Å². The maximum absolute atomic E-state index is 13.1. The Hall–Kier alpha value is -4.49. The number of anilines is 2. The Balaban J connectivity index is 1.27. The van der Waals surface area contributed by atoms with Crippen LogP contribution in [-0.2, 0) is 10.2 Å². The first kappa shape index (κ1) is 26.7. The molecule has 1 aliphatic heterocycles. The van der Waals surface area contributed by atoms with Crippen LogP contribution in [-0.4, -0.2) is 47.2 Å². The number of carbonyl (C=O) groups excluding carboxylic acids is 1. The van der Waals surface area contributed by atoms with Gasteiger partial charge in [-0.3, -0.25) is 4.79 Å². The second-order valence-electron chi connectivity index (χ2n) is 11.6. The van der Waals surface area contributed by atoms with Gasteiger partial charge >= 0.3 is 0 Å². The number of rotatable bonds is 5. The molecule has 0 spiro atoms. The van der Waals surface area contributed by atoms with E-state index in [4.69, 9.17) is 4.74 Å². The number of nitrogens with zero attached hydrogens (tertiary/aromatic N) is 3. The molecule has 7 nitrogen and oxygen atoms in total. The van der Waals surface area contributed by atoms with Crippen molar-refractivity contribution in [3.63, 3.8) is 0 Å². The van der Waals surface area contributed by atoms with Gasteiger partial charge in [-0.05, 0) is 65.4 Å². The lowest BCUT2D eigenvalue weighted by Gasteiger charge is -2.28. The maximum atomic E-state index is 13.1. The lowest BCUT2D eigenvalue weighted by molar-refractivity contribution is 0.102. The second-order valence-corrected chi connectivity index (χ2v) is 11.6. The number of amides is 1. The van der Waals surface area contributed by atoms with E-state index in [9.17, 15) is 4.79 Å². The third-order valence-corrected chi connectivity index (χ3v) is 7.83. The highest BCUT2D eigenvalue weighted by Gasteiger charge is 2.18. The number of benzene rings is 3. The summed E-state index contributed by atoms with van der Waals surface area (Å²) in [4.78, 5) is 28.1. The number of aromatic nitrogens is 3. The molecule has 0 aliphatic carbocycles. The number of ether oxygens (including phenoxy) is 1. The highest BCUT2D eigenvalue weighted by Crippen LogP contribution is 2.34. The first-order valence-electron chi connectivity index (χ1n) is 14.1. The van der Waals surface area contributed by atoms with Crippen molar-refractivity contribution in [2.24, 2.45) is 0 Å². The Morgan fingerprint density at radius 3 is 2.39 bits per heavy atom. The number of carbonyl (C=O) groups is 1. The second kappa shape index (κ2) is 10.8. The van der Waals surface area contributed by atoms with Gasteiger partial charge in [0.15, 0.2) is 0 Å². The van der Waals surface area contributed by atoms with Crippen LogP contribution in [0.1, 0.15) is 42.3 Å². The van der Waals surface area contributed by atoms with E-state index in [0.717, 1.165) is 71.1 Å². The summed E-state index contributed by atoms with van der Waals surface area (Å²) in [6.07, 6.45) is 1.58. The Labute approximate surface area is 240 Å². The fourth-order valence-electron chi connectivity index (χ4n) is 5.33. The van der Waals surface area contributed by atoms with E-state index in [1.165, 1.54) is 11.3 Å². The van der Waals surface area contributed by atoms with E-state index in [0.29, 0.717) is 5.56 Å². The van der Waals surface area contributed by atoms with Crippen LogP contribution in [0.4, 0.5) is 11.4 Å². The molecule has 1 aliphatic rings. The molecule has 0 bridgehead atoms. The van der Waals surface area contributed by atoms with Gasteiger partial charge in [0, 0.05) is 46.7 Å². The van der Waals surface area contributed by atoms with E-state index in [2.05, 4.69) is 76.3 Å². The molecule has 2 N–H and O–H groups in total. The van der Waals surface area contributed by atoms with Crippen LogP contribution in [0.15, 0.2) is 79.1 Å². The third kappa shape index (κ3) is 5.45. The van der Waals surface area contributed by atoms with E-state index >= 15 is 0 Å². The van der Waals surface area contributed by atoms with Crippen molar-refractivity contribution >= 4 is 28.3 Å². The summed E-state index contributed by atoms with van der Waals surface area (Å²) < 4.78 is 5.48. The first-order valence-corrected chi connectivity index (χ1v) is 14.1. The molecule has 1 amide bonds. The van der Waals surface area contributed by atoms with Crippen molar-refractivity contribution in [2.45, 2.75) is 33.1 Å². The van der Waals surface area contributed by atoms with Crippen molar-refractivity contribution in [1.82, 2.24) is 15.0 Å². The molecule has 1 saturated heterocycles. The van der Waals surface area contributed by atoms with Crippen LogP contribution < -0.4 is 10.2 Å². The third-order valence-electron chi connectivity index (χ3n) is 7.83. The standard InChI is InChI=1S/C34H35N5O2/c1-22-27(6-5-7-29(22)38-33(40)24-8-12-25(13-9-24)34(2,3)4)31-28-20-30(37-32(28)36-21-35-31)23-10-14-26(15-11-23)39-16-18-41-19-17-39/h5-15,20-21H,16-19H2,1-4H3,(H,38,40)(H,35,36,37). The molecule has 3 aromatic carbocycles. The van der Waals surface area contributed by atoms with Crippen LogP contribution in [0.25, 0.3) is 33.5 Å². The molecule has 208 valence electrons.